The molecule has 9 heteroatoms. The van der Waals surface area contributed by atoms with Crippen LogP contribution < -0.4 is 15.1 Å². The van der Waals surface area contributed by atoms with Gasteiger partial charge in [-0.15, -0.1) is 0 Å². The van der Waals surface area contributed by atoms with Crippen LogP contribution in [0.25, 0.3) is 0 Å². The van der Waals surface area contributed by atoms with Gasteiger partial charge in [0.2, 0.25) is 12.2 Å². The molecule has 0 aromatic carbocycles. The highest BCUT2D eigenvalue weighted by atomic mass is 35.5. The lowest BCUT2D eigenvalue weighted by molar-refractivity contribution is -0.459. The summed E-state index contributed by atoms with van der Waals surface area (Å²) in [6, 6.07) is 11.4. The first-order valence-electron chi connectivity index (χ1n) is 8.76. The topological polar surface area (TPSA) is 94.9 Å². The van der Waals surface area contributed by atoms with E-state index < -0.39 is 0 Å². The number of rotatable bonds is 4. The second-order valence-corrected chi connectivity index (χ2v) is 6.90. The van der Waals surface area contributed by atoms with E-state index in [1.165, 1.54) is 0 Å². The smallest absolute Gasteiger partial charge is 0.238 e. The average molecular weight is 396 g/mol. The number of nitriles is 2. The van der Waals surface area contributed by atoms with E-state index in [9.17, 15) is 10.5 Å². The molecule has 0 radical (unpaired) electrons. The van der Waals surface area contributed by atoms with Gasteiger partial charge in [-0.3, -0.25) is 4.58 Å². The molecule has 3 heterocycles. The van der Waals surface area contributed by atoms with Crippen LogP contribution in [0, 0.1) is 22.7 Å². The number of aromatic nitrogens is 2. The molecule has 2 aromatic rings. The summed E-state index contributed by atoms with van der Waals surface area (Å²) in [5.41, 5.74) is 0.724. The molecule has 0 aliphatic carbocycles. The summed E-state index contributed by atoms with van der Waals surface area (Å²) < 4.78 is 1.82. The second-order valence-electron chi connectivity index (χ2n) is 6.51. The van der Waals surface area contributed by atoms with Gasteiger partial charge in [-0.25, -0.2) is 10.3 Å². The molecule has 0 bridgehead atoms. The van der Waals surface area contributed by atoms with Gasteiger partial charge >= 0.3 is 0 Å². The molecule has 0 amide bonds. The number of piperazine rings is 1. The minimum atomic E-state index is 0.333. The Kier molecular flexibility index (Phi) is 5.93. The molecule has 1 N–H and O–H groups in total. The summed E-state index contributed by atoms with van der Waals surface area (Å²) in [7, 11) is 3.74. The Hall–Kier alpha value is -3.36. The fourth-order valence-electron chi connectivity index (χ4n) is 2.93. The van der Waals surface area contributed by atoms with Crippen LogP contribution in [0.2, 0.25) is 5.15 Å². The first-order valence-corrected chi connectivity index (χ1v) is 9.13. The van der Waals surface area contributed by atoms with Crippen molar-refractivity contribution >= 4 is 35.4 Å². The van der Waals surface area contributed by atoms with Gasteiger partial charge < -0.3 is 9.80 Å². The molecule has 0 unspecified atom stereocenters. The van der Waals surface area contributed by atoms with Crippen molar-refractivity contribution in [2.24, 2.45) is 0 Å². The van der Waals surface area contributed by atoms with Gasteiger partial charge in [0.25, 0.3) is 0 Å². The van der Waals surface area contributed by atoms with E-state index in [1.54, 1.807) is 18.5 Å². The number of anilines is 3. The molecular formula is C19H20ClN8+. The van der Waals surface area contributed by atoms with Crippen molar-refractivity contribution in [3.8, 4) is 12.1 Å². The van der Waals surface area contributed by atoms with Gasteiger partial charge in [0.1, 0.15) is 28.7 Å². The molecule has 0 saturated carbocycles. The molecule has 142 valence electrons. The normalized spacial score (nSPS) is 13.5. The van der Waals surface area contributed by atoms with Crippen LogP contribution in [0.4, 0.5) is 17.5 Å². The molecule has 3 rings (SSSR count). The number of pyridine rings is 2. The maximum absolute atomic E-state index is 9.54. The van der Waals surface area contributed by atoms with Crippen LogP contribution in [0.15, 0.2) is 24.3 Å². The van der Waals surface area contributed by atoms with Gasteiger partial charge in [-0.1, -0.05) is 17.7 Å². The molecule has 1 saturated heterocycles. The summed E-state index contributed by atoms with van der Waals surface area (Å²) >= 11 is 5.99. The molecule has 28 heavy (non-hydrogen) atoms. The highest BCUT2D eigenvalue weighted by Gasteiger charge is 2.24. The summed E-state index contributed by atoms with van der Waals surface area (Å²) in [6.07, 6.45) is 1.71. The monoisotopic (exact) mass is 395 g/mol. The van der Waals surface area contributed by atoms with Crippen molar-refractivity contribution in [2.45, 2.75) is 0 Å². The first-order chi connectivity index (χ1) is 13.5. The van der Waals surface area contributed by atoms with Crippen LogP contribution in [0.1, 0.15) is 11.1 Å². The van der Waals surface area contributed by atoms with Crippen LogP contribution >= 0.6 is 11.6 Å². The third-order valence-electron chi connectivity index (χ3n) is 4.31. The Morgan fingerprint density at radius 2 is 1.75 bits per heavy atom. The quantitative estimate of drug-likeness (QED) is 0.365. The predicted octanol–water partition coefficient (Wildman–Crippen LogP) is 1.91. The molecule has 1 aliphatic heterocycles. The van der Waals surface area contributed by atoms with Gasteiger partial charge in [0.05, 0.1) is 19.7 Å². The average Bonchev–Trinajstić information content (AvgIpc) is 2.71. The van der Waals surface area contributed by atoms with E-state index in [-0.39, 0.29) is 0 Å². The summed E-state index contributed by atoms with van der Waals surface area (Å²) in [5, 5.41) is 22.4. The fourth-order valence-corrected chi connectivity index (χ4v) is 3.09. The van der Waals surface area contributed by atoms with Crippen LogP contribution in [-0.2, 0) is 0 Å². The van der Waals surface area contributed by atoms with Crippen LogP contribution in [0.5, 0.6) is 0 Å². The zero-order chi connectivity index (χ0) is 20.1. The van der Waals surface area contributed by atoms with Gasteiger partial charge in [-0.2, -0.15) is 15.5 Å². The predicted molar refractivity (Wildman–Crippen MR) is 109 cm³/mol. The van der Waals surface area contributed by atoms with E-state index in [2.05, 4.69) is 37.2 Å². The van der Waals surface area contributed by atoms with Crippen LogP contribution in [-0.4, -0.2) is 61.2 Å². The Bertz CT molecular complexity index is 976. The lowest BCUT2D eigenvalue weighted by Crippen LogP contribution is -2.47. The molecule has 1 aliphatic rings. The van der Waals surface area contributed by atoms with Crippen molar-refractivity contribution in [1.82, 2.24) is 9.97 Å². The number of nitrogens with zero attached hydrogens (tertiary/aromatic N) is 7. The third-order valence-corrected chi connectivity index (χ3v) is 4.52. The van der Waals surface area contributed by atoms with Crippen molar-refractivity contribution < 1.29 is 4.58 Å². The molecule has 0 atom stereocenters. The van der Waals surface area contributed by atoms with E-state index in [4.69, 9.17) is 11.6 Å². The molecule has 2 aromatic heterocycles. The first kappa shape index (κ1) is 19.4. The minimum Gasteiger partial charge on any atom is -0.353 e. The van der Waals surface area contributed by atoms with E-state index in [0.29, 0.717) is 41.0 Å². The van der Waals surface area contributed by atoms with Crippen molar-refractivity contribution in [3.63, 3.8) is 0 Å². The van der Waals surface area contributed by atoms with Crippen molar-refractivity contribution in [3.05, 3.63) is 40.5 Å². The Balaban J connectivity index is 1.83. The Morgan fingerprint density at radius 1 is 1.07 bits per heavy atom. The van der Waals surface area contributed by atoms with Gasteiger partial charge in [0, 0.05) is 26.2 Å². The third kappa shape index (κ3) is 4.30. The number of nitrogens with one attached hydrogen (secondary N) is 1. The van der Waals surface area contributed by atoms with E-state index in [1.807, 2.05) is 30.8 Å². The lowest BCUT2D eigenvalue weighted by atomic mass is 10.1. The Labute approximate surface area is 168 Å². The zero-order valence-corrected chi connectivity index (χ0v) is 16.5. The number of hydrogen-bond acceptors (Lipinski definition) is 6. The number of hydrogen-bond donors (Lipinski definition) is 1. The SMILES string of the molecule is C[N+](C)=CNc1nc(N2CCN(c3cccc(Cl)n3)CC2)c(C#N)cc1C#N. The summed E-state index contributed by atoms with van der Waals surface area (Å²) in [4.78, 5) is 13.1. The van der Waals surface area contributed by atoms with Gasteiger partial charge in [-0.05, 0) is 18.2 Å². The molecular weight excluding hydrogens is 376 g/mol. The minimum absolute atomic E-state index is 0.333. The maximum atomic E-state index is 9.54. The maximum Gasteiger partial charge on any atom is 0.238 e. The standard InChI is InChI=1S/C19H19ClN8/c1-26(2)13-23-18-14(11-21)10-15(12-22)19(25-18)28-8-6-27(7-9-28)17-5-3-4-16(20)24-17/h3-5,10,13H,6-9H2,1-2H3/p+1. The number of halogens is 1. The highest BCUT2D eigenvalue weighted by molar-refractivity contribution is 6.29. The van der Waals surface area contributed by atoms with E-state index in [0.717, 1.165) is 18.9 Å². The Morgan fingerprint density at radius 3 is 2.36 bits per heavy atom. The van der Waals surface area contributed by atoms with Crippen molar-refractivity contribution in [1.29, 1.82) is 10.5 Å². The fraction of sp³-hybridized carbons (Fsp3) is 0.316. The highest BCUT2D eigenvalue weighted by Crippen LogP contribution is 2.25. The zero-order valence-electron chi connectivity index (χ0n) is 15.7. The molecule has 1 fully saturated rings. The summed E-state index contributed by atoms with van der Waals surface area (Å²) in [5.74, 6) is 1.85. The second kappa shape index (κ2) is 8.55. The van der Waals surface area contributed by atoms with Gasteiger partial charge in [0.15, 0.2) is 5.82 Å². The summed E-state index contributed by atoms with van der Waals surface area (Å²) in [6.45, 7) is 2.82. The van der Waals surface area contributed by atoms with Crippen molar-refractivity contribution in [2.75, 3.05) is 55.4 Å². The lowest BCUT2D eigenvalue weighted by Gasteiger charge is -2.36. The molecule has 8 nitrogen and oxygen atoms in total. The van der Waals surface area contributed by atoms with Crippen LogP contribution in [0.3, 0.4) is 0 Å². The van der Waals surface area contributed by atoms with E-state index >= 15 is 0 Å². The largest absolute Gasteiger partial charge is 0.353 e. The molecule has 0 spiro atoms.